The van der Waals surface area contributed by atoms with E-state index in [2.05, 4.69) is 51.0 Å². The third-order valence-electron chi connectivity index (χ3n) is 5.90. The van der Waals surface area contributed by atoms with Gasteiger partial charge in [-0.05, 0) is 42.5 Å². The van der Waals surface area contributed by atoms with Crippen LogP contribution in [0.5, 0.6) is 0 Å². The summed E-state index contributed by atoms with van der Waals surface area (Å²) in [7, 11) is 0. The molecule has 5 rings (SSSR count). The Bertz CT molecular complexity index is 1130. The fourth-order valence-corrected chi connectivity index (χ4v) is 4.41. The number of likely N-dealkylation sites (tertiary alicyclic amines) is 1. The van der Waals surface area contributed by atoms with Crippen LogP contribution in [0.2, 0.25) is 0 Å². The van der Waals surface area contributed by atoms with Crippen LogP contribution in [0, 0.1) is 0 Å². The lowest BCUT2D eigenvalue weighted by molar-refractivity contribution is 0.183. The van der Waals surface area contributed by atoms with E-state index in [1.165, 1.54) is 10.9 Å². The van der Waals surface area contributed by atoms with E-state index in [1.54, 1.807) is 0 Å². The van der Waals surface area contributed by atoms with Crippen LogP contribution in [0.4, 0.5) is 0 Å². The summed E-state index contributed by atoms with van der Waals surface area (Å²) in [4.78, 5) is 17.7. The Morgan fingerprint density at radius 1 is 0.889 bits per heavy atom. The Morgan fingerprint density at radius 3 is 2.48 bits per heavy atom. The lowest BCUT2D eigenvalue weighted by Crippen LogP contribution is -2.37. The molecule has 0 aliphatic carbocycles. The SMILES string of the molecule is O=c1[nH]c2ccccc2n1CCN1CCC(n2ccc3ccccc32)CC1. The van der Waals surface area contributed by atoms with Gasteiger partial charge < -0.3 is 14.5 Å². The molecule has 5 heteroatoms. The Morgan fingerprint density at radius 2 is 1.63 bits per heavy atom. The maximum Gasteiger partial charge on any atom is 0.326 e. The lowest BCUT2D eigenvalue weighted by atomic mass is 10.0. The smallest absolute Gasteiger partial charge is 0.326 e. The van der Waals surface area contributed by atoms with Crippen molar-refractivity contribution in [2.45, 2.75) is 25.4 Å². The molecule has 2 aromatic heterocycles. The number of rotatable bonds is 4. The lowest BCUT2D eigenvalue weighted by Gasteiger charge is -2.33. The third kappa shape index (κ3) is 2.98. The number of hydrogen-bond acceptors (Lipinski definition) is 2. The fraction of sp³-hybridized carbons (Fsp3) is 0.318. The number of nitrogens with one attached hydrogen (secondary N) is 1. The predicted octanol–water partition coefficient (Wildman–Crippen LogP) is 3.62. The van der Waals surface area contributed by atoms with Gasteiger partial charge in [-0.15, -0.1) is 0 Å². The average Bonchev–Trinajstić information content (AvgIpc) is 3.27. The minimum absolute atomic E-state index is 0.00935. The van der Waals surface area contributed by atoms with Gasteiger partial charge in [-0.25, -0.2) is 4.79 Å². The van der Waals surface area contributed by atoms with Crippen molar-refractivity contribution in [2.75, 3.05) is 19.6 Å². The number of benzene rings is 2. The minimum atomic E-state index is -0.00935. The molecule has 0 radical (unpaired) electrons. The van der Waals surface area contributed by atoms with Crippen molar-refractivity contribution in [2.24, 2.45) is 0 Å². The van der Waals surface area contributed by atoms with Crippen LogP contribution in [0.15, 0.2) is 65.6 Å². The zero-order valence-corrected chi connectivity index (χ0v) is 15.3. The van der Waals surface area contributed by atoms with Gasteiger partial charge in [-0.3, -0.25) is 4.57 Å². The van der Waals surface area contributed by atoms with E-state index in [1.807, 2.05) is 28.8 Å². The van der Waals surface area contributed by atoms with E-state index < -0.39 is 0 Å². The highest BCUT2D eigenvalue weighted by Gasteiger charge is 2.21. The van der Waals surface area contributed by atoms with E-state index in [0.29, 0.717) is 6.04 Å². The first kappa shape index (κ1) is 16.4. The standard InChI is InChI=1S/C22H24N4O/c27-22-23-19-6-2-4-8-21(19)26(22)16-15-24-12-10-18(11-13-24)25-14-9-17-5-1-3-7-20(17)25/h1-9,14,18H,10-13,15-16H2,(H,23,27). The Balaban J connectivity index is 1.25. The van der Waals surface area contributed by atoms with Gasteiger partial charge in [0.1, 0.15) is 0 Å². The summed E-state index contributed by atoms with van der Waals surface area (Å²) in [6.07, 6.45) is 4.54. The third-order valence-corrected chi connectivity index (χ3v) is 5.90. The number of nitrogens with zero attached hydrogens (tertiary/aromatic N) is 3. The molecule has 5 nitrogen and oxygen atoms in total. The van der Waals surface area contributed by atoms with Crippen LogP contribution in [0.3, 0.4) is 0 Å². The number of hydrogen-bond donors (Lipinski definition) is 1. The molecule has 27 heavy (non-hydrogen) atoms. The van der Waals surface area contributed by atoms with Gasteiger partial charge in [0.25, 0.3) is 0 Å². The predicted molar refractivity (Wildman–Crippen MR) is 109 cm³/mol. The molecule has 0 spiro atoms. The summed E-state index contributed by atoms with van der Waals surface area (Å²) in [6, 6.07) is 19.3. The molecule has 1 N–H and O–H groups in total. The normalized spacial score (nSPS) is 16.4. The number of para-hydroxylation sites is 3. The highest BCUT2D eigenvalue weighted by molar-refractivity contribution is 5.80. The van der Waals surface area contributed by atoms with E-state index in [-0.39, 0.29) is 5.69 Å². The molecule has 138 valence electrons. The quantitative estimate of drug-likeness (QED) is 0.604. The number of aromatic amines is 1. The topological polar surface area (TPSA) is 46.0 Å². The Labute approximate surface area is 157 Å². The first-order valence-electron chi connectivity index (χ1n) is 9.75. The summed E-state index contributed by atoms with van der Waals surface area (Å²) < 4.78 is 4.30. The molecule has 1 saturated heterocycles. The molecule has 1 aliphatic rings. The van der Waals surface area contributed by atoms with Crippen molar-refractivity contribution in [1.82, 2.24) is 19.0 Å². The molecule has 1 aliphatic heterocycles. The van der Waals surface area contributed by atoms with Gasteiger partial charge in [-0.2, -0.15) is 0 Å². The second-order valence-electron chi connectivity index (χ2n) is 7.45. The van der Waals surface area contributed by atoms with Gasteiger partial charge in [0, 0.05) is 43.9 Å². The first-order chi connectivity index (χ1) is 13.3. The summed E-state index contributed by atoms with van der Waals surface area (Å²) in [5.74, 6) is 0. The molecular weight excluding hydrogens is 336 g/mol. The fourth-order valence-electron chi connectivity index (χ4n) is 4.41. The maximum absolute atomic E-state index is 12.2. The summed E-state index contributed by atoms with van der Waals surface area (Å²) in [5.41, 5.74) is 3.24. The number of fused-ring (bicyclic) bond motifs is 2. The van der Waals surface area contributed by atoms with Crippen LogP contribution in [-0.2, 0) is 6.54 Å². The zero-order chi connectivity index (χ0) is 18.2. The van der Waals surface area contributed by atoms with Crippen molar-refractivity contribution in [3.63, 3.8) is 0 Å². The van der Waals surface area contributed by atoms with Crippen molar-refractivity contribution in [3.8, 4) is 0 Å². The number of H-pyrrole nitrogens is 1. The van der Waals surface area contributed by atoms with Gasteiger partial charge in [0.15, 0.2) is 0 Å². The van der Waals surface area contributed by atoms with Crippen LogP contribution >= 0.6 is 0 Å². The second-order valence-corrected chi connectivity index (χ2v) is 7.45. The van der Waals surface area contributed by atoms with Gasteiger partial charge >= 0.3 is 5.69 Å². The van der Waals surface area contributed by atoms with Gasteiger partial charge in [0.05, 0.1) is 11.0 Å². The second kappa shape index (κ2) is 6.74. The number of imidazole rings is 1. The minimum Gasteiger partial charge on any atom is -0.344 e. The van der Waals surface area contributed by atoms with Crippen LogP contribution in [0.25, 0.3) is 21.9 Å². The molecule has 0 bridgehead atoms. The molecule has 0 atom stereocenters. The number of aromatic nitrogens is 3. The first-order valence-corrected chi connectivity index (χ1v) is 9.75. The highest BCUT2D eigenvalue weighted by Crippen LogP contribution is 2.27. The molecule has 4 aromatic rings. The molecule has 0 saturated carbocycles. The molecule has 0 unspecified atom stereocenters. The Kier molecular flexibility index (Phi) is 4.09. The largest absolute Gasteiger partial charge is 0.344 e. The number of piperidine rings is 1. The Hall–Kier alpha value is -2.79. The van der Waals surface area contributed by atoms with Crippen LogP contribution < -0.4 is 5.69 Å². The molecule has 2 aromatic carbocycles. The summed E-state index contributed by atoms with van der Waals surface area (Å²) in [5, 5.41) is 1.32. The van der Waals surface area contributed by atoms with Crippen molar-refractivity contribution in [3.05, 3.63) is 71.3 Å². The average molecular weight is 360 g/mol. The monoisotopic (exact) mass is 360 g/mol. The van der Waals surface area contributed by atoms with Crippen LogP contribution in [-0.4, -0.2) is 38.7 Å². The highest BCUT2D eigenvalue weighted by atomic mass is 16.1. The van der Waals surface area contributed by atoms with Crippen LogP contribution in [0.1, 0.15) is 18.9 Å². The molecule has 1 fully saturated rings. The van der Waals surface area contributed by atoms with E-state index in [0.717, 1.165) is 50.1 Å². The molecule has 3 heterocycles. The summed E-state index contributed by atoms with van der Waals surface area (Å²) in [6.45, 7) is 3.81. The van der Waals surface area contributed by atoms with E-state index >= 15 is 0 Å². The van der Waals surface area contributed by atoms with Crippen molar-refractivity contribution < 1.29 is 0 Å². The van der Waals surface area contributed by atoms with Gasteiger partial charge in [0.2, 0.25) is 0 Å². The maximum atomic E-state index is 12.2. The van der Waals surface area contributed by atoms with Crippen molar-refractivity contribution in [1.29, 1.82) is 0 Å². The van der Waals surface area contributed by atoms with Crippen molar-refractivity contribution >= 4 is 21.9 Å². The zero-order valence-electron chi connectivity index (χ0n) is 15.3. The van der Waals surface area contributed by atoms with E-state index in [9.17, 15) is 4.79 Å². The van der Waals surface area contributed by atoms with E-state index in [4.69, 9.17) is 0 Å². The van der Waals surface area contributed by atoms with Gasteiger partial charge in [-0.1, -0.05) is 30.3 Å². The molecular formula is C22H24N4O. The summed E-state index contributed by atoms with van der Waals surface area (Å²) >= 11 is 0. The molecule has 0 amide bonds.